The summed E-state index contributed by atoms with van der Waals surface area (Å²) in [5.41, 5.74) is 3.25. The van der Waals surface area contributed by atoms with Crippen molar-refractivity contribution < 1.29 is 4.79 Å². The zero-order valence-electron chi connectivity index (χ0n) is 15.3. The van der Waals surface area contributed by atoms with Crippen LogP contribution in [0.15, 0.2) is 45.7 Å². The first-order chi connectivity index (χ1) is 13.1. The molecule has 0 fully saturated rings. The van der Waals surface area contributed by atoms with Crippen molar-refractivity contribution in [2.24, 2.45) is 7.05 Å². The number of aryl methyl sites for hydroxylation is 1. The molecule has 0 radical (unpaired) electrons. The van der Waals surface area contributed by atoms with Crippen molar-refractivity contribution in [1.29, 1.82) is 0 Å². The molecule has 0 saturated carbocycles. The number of carbonyl (C=O) groups is 1. The number of rotatable bonds is 4. The fourth-order valence-electron chi connectivity index (χ4n) is 3.63. The monoisotopic (exact) mass is 399 g/mol. The van der Waals surface area contributed by atoms with E-state index in [2.05, 4.69) is 23.2 Å². The summed E-state index contributed by atoms with van der Waals surface area (Å²) in [7, 11) is 3.59. The lowest BCUT2D eigenvalue weighted by molar-refractivity contribution is -0.129. The van der Waals surface area contributed by atoms with Crippen LogP contribution in [0.4, 0.5) is 0 Å². The van der Waals surface area contributed by atoms with Gasteiger partial charge in [-0.15, -0.1) is 11.3 Å². The van der Waals surface area contributed by atoms with Crippen molar-refractivity contribution in [2.45, 2.75) is 30.5 Å². The molecule has 0 saturated heterocycles. The molecule has 1 atom stereocenters. The second kappa shape index (κ2) is 7.48. The Labute approximate surface area is 166 Å². The number of thiophene rings is 1. The Morgan fingerprint density at radius 2 is 2.19 bits per heavy atom. The predicted molar refractivity (Wildman–Crippen MR) is 110 cm³/mol. The van der Waals surface area contributed by atoms with Gasteiger partial charge in [0.15, 0.2) is 5.16 Å². The number of thioether (sulfide) groups is 1. The van der Waals surface area contributed by atoms with Crippen molar-refractivity contribution >= 4 is 39.2 Å². The van der Waals surface area contributed by atoms with Gasteiger partial charge >= 0.3 is 0 Å². The van der Waals surface area contributed by atoms with Crippen LogP contribution in [0.2, 0.25) is 0 Å². The van der Waals surface area contributed by atoms with Crippen LogP contribution in [-0.4, -0.2) is 33.2 Å². The lowest BCUT2D eigenvalue weighted by Gasteiger charge is -2.33. The summed E-state index contributed by atoms with van der Waals surface area (Å²) in [6, 6.07) is 10.4. The summed E-state index contributed by atoms with van der Waals surface area (Å²) in [6.45, 7) is 0. The summed E-state index contributed by atoms with van der Waals surface area (Å²) >= 11 is 2.72. The summed E-state index contributed by atoms with van der Waals surface area (Å²) in [5, 5.41) is 2.45. The Morgan fingerprint density at radius 1 is 1.37 bits per heavy atom. The molecule has 1 aliphatic carbocycles. The summed E-state index contributed by atoms with van der Waals surface area (Å²) in [4.78, 5) is 31.6. The maximum absolute atomic E-state index is 12.8. The lowest BCUT2D eigenvalue weighted by Crippen LogP contribution is -2.34. The van der Waals surface area contributed by atoms with E-state index >= 15 is 0 Å². The van der Waals surface area contributed by atoms with Crippen LogP contribution in [0.3, 0.4) is 0 Å². The van der Waals surface area contributed by atoms with E-state index in [1.54, 1.807) is 7.05 Å². The summed E-state index contributed by atoms with van der Waals surface area (Å²) in [5.74, 6) is 0.326. The molecule has 0 aliphatic heterocycles. The van der Waals surface area contributed by atoms with E-state index in [0.29, 0.717) is 15.4 Å². The number of hydrogen-bond acceptors (Lipinski definition) is 5. The minimum absolute atomic E-state index is 0.0560. The molecule has 1 aromatic carbocycles. The van der Waals surface area contributed by atoms with Crippen molar-refractivity contribution in [3.63, 3.8) is 0 Å². The van der Waals surface area contributed by atoms with Crippen molar-refractivity contribution in [3.05, 3.63) is 57.2 Å². The van der Waals surface area contributed by atoms with Crippen molar-refractivity contribution in [3.8, 4) is 0 Å². The quantitative estimate of drug-likeness (QED) is 0.497. The number of nitrogens with zero attached hydrogens (tertiary/aromatic N) is 3. The van der Waals surface area contributed by atoms with Gasteiger partial charge in [0.25, 0.3) is 5.56 Å². The fourth-order valence-corrected chi connectivity index (χ4v) is 5.33. The molecule has 1 unspecified atom stereocenters. The molecule has 0 spiro atoms. The number of amides is 1. The summed E-state index contributed by atoms with van der Waals surface area (Å²) < 4.78 is 2.19. The van der Waals surface area contributed by atoms with Gasteiger partial charge in [0.1, 0.15) is 4.70 Å². The Kier molecular flexibility index (Phi) is 5.06. The zero-order chi connectivity index (χ0) is 19.0. The van der Waals surface area contributed by atoms with Crippen LogP contribution in [0.1, 0.15) is 30.0 Å². The van der Waals surface area contributed by atoms with Gasteiger partial charge in [0, 0.05) is 14.1 Å². The Morgan fingerprint density at radius 3 is 3.04 bits per heavy atom. The third-order valence-electron chi connectivity index (χ3n) is 5.17. The minimum Gasteiger partial charge on any atom is -0.338 e. The SMILES string of the molecule is CN(C(=O)CSc1nc2ccsc2c(=O)n1C)C1CCCc2ccccc21. The predicted octanol–water partition coefficient (Wildman–Crippen LogP) is 3.62. The van der Waals surface area contributed by atoms with E-state index in [1.165, 1.54) is 38.8 Å². The average Bonchev–Trinajstić information content (AvgIpc) is 3.17. The molecule has 5 nitrogen and oxygen atoms in total. The third kappa shape index (κ3) is 3.41. The Balaban J connectivity index is 1.50. The highest BCUT2D eigenvalue weighted by molar-refractivity contribution is 7.99. The molecular formula is C20H21N3O2S2. The molecular weight excluding hydrogens is 378 g/mol. The number of benzene rings is 1. The number of hydrogen-bond donors (Lipinski definition) is 0. The fraction of sp³-hybridized carbons (Fsp3) is 0.350. The molecule has 4 rings (SSSR count). The third-order valence-corrected chi connectivity index (χ3v) is 7.08. The smallest absolute Gasteiger partial charge is 0.271 e. The van der Waals surface area contributed by atoms with Crippen LogP contribution in [0.25, 0.3) is 10.2 Å². The molecule has 1 amide bonds. The molecule has 2 heterocycles. The second-order valence-electron chi connectivity index (χ2n) is 6.79. The first-order valence-corrected chi connectivity index (χ1v) is 10.8. The van der Waals surface area contributed by atoms with Crippen LogP contribution in [-0.2, 0) is 18.3 Å². The van der Waals surface area contributed by atoms with Crippen LogP contribution < -0.4 is 5.56 Å². The van der Waals surface area contributed by atoms with Crippen LogP contribution in [0, 0.1) is 0 Å². The minimum atomic E-state index is -0.0560. The molecule has 0 N–H and O–H groups in total. The van der Waals surface area contributed by atoms with Gasteiger partial charge in [-0.3, -0.25) is 14.2 Å². The van der Waals surface area contributed by atoms with E-state index in [1.807, 2.05) is 29.5 Å². The first-order valence-electron chi connectivity index (χ1n) is 8.96. The van der Waals surface area contributed by atoms with Gasteiger partial charge in [-0.2, -0.15) is 0 Å². The molecule has 0 bridgehead atoms. The molecule has 3 aromatic rings. The molecule has 7 heteroatoms. The average molecular weight is 400 g/mol. The van der Waals surface area contributed by atoms with Gasteiger partial charge in [-0.25, -0.2) is 4.98 Å². The molecule has 1 aliphatic rings. The highest BCUT2D eigenvalue weighted by atomic mass is 32.2. The van der Waals surface area contributed by atoms with E-state index in [-0.39, 0.29) is 23.3 Å². The van der Waals surface area contributed by atoms with Crippen molar-refractivity contribution in [2.75, 3.05) is 12.8 Å². The molecule has 27 heavy (non-hydrogen) atoms. The van der Waals surface area contributed by atoms with Crippen LogP contribution >= 0.6 is 23.1 Å². The largest absolute Gasteiger partial charge is 0.338 e. The standard InChI is InChI=1S/C20H21N3O2S2/c1-22(16-9-5-7-13-6-3-4-8-14(13)16)17(24)12-27-20-21-15-10-11-26-18(15)19(25)23(20)2/h3-4,6,8,10-11,16H,5,7,9,12H2,1-2H3. The first kappa shape index (κ1) is 18.3. The van der Waals surface area contributed by atoms with Crippen LogP contribution in [0.5, 0.6) is 0 Å². The van der Waals surface area contributed by atoms with E-state index in [0.717, 1.165) is 19.3 Å². The van der Waals surface area contributed by atoms with Gasteiger partial charge in [-0.05, 0) is 41.8 Å². The Bertz CT molecular complexity index is 1060. The Hall–Kier alpha value is -2.12. The van der Waals surface area contributed by atoms with Gasteiger partial charge in [-0.1, -0.05) is 36.0 Å². The maximum Gasteiger partial charge on any atom is 0.271 e. The second-order valence-corrected chi connectivity index (χ2v) is 8.65. The van der Waals surface area contributed by atoms with Crippen molar-refractivity contribution in [1.82, 2.24) is 14.5 Å². The van der Waals surface area contributed by atoms with Gasteiger partial charge < -0.3 is 4.90 Å². The highest BCUT2D eigenvalue weighted by Crippen LogP contribution is 2.34. The number of aromatic nitrogens is 2. The van der Waals surface area contributed by atoms with Gasteiger partial charge in [0.05, 0.1) is 17.3 Å². The number of carbonyl (C=O) groups excluding carboxylic acids is 1. The molecule has 2 aromatic heterocycles. The maximum atomic E-state index is 12.8. The lowest BCUT2D eigenvalue weighted by atomic mass is 9.87. The normalized spacial score (nSPS) is 16.3. The topological polar surface area (TPSA) is 55.2 Å². The zero-order valence-corrected chi connectivity index (χ0v) is 17.0. The van der Waals surface area contributed by atoms with Gasteiger partial charge in [0.2, 0.25) is 5.91 Å². The summed E-state index contributed by atoms with van der Waals surface area (Å²) in [6.07, 6.45) is 3.16. The number of fused-ring (bicyclic) bond motifs is 2. The highest BCUT2D eigenvalue weighted by Gasteiger charge is 2.26. The van der Waals surface area contributed by atoms with E-state index < -0.39 is 0 Å². The van der Waals surface area contributed by atoms with E-state index in [9.17, 15) is 9.59 Å². The van der Waals surface area contributed by atoms with E-state index in [4.69, 9.17) is 0 Å². The molecule has 140 valence electrons.